The average molecular weight is 353 g/mol. The third-order valence-electron chi connectivity index (χ3n) is 4.56. The number of nitrogens with one attached hydrogen (secondary N) is 1. The van der Waals surface area contributed by atoms with Gasteiger partial charge in [0.05, 0.1) is 5.56 Å². The Bertz CT molecular complexity index is 694. The second kappa shape index (κ2) is 8.67. The number of benzene rings is 1. The molecule has 1 aromatic carbocycles. The van der Waals surface area contributed by atoms with Crippen molar-refractivity contribution in [3.8, 4) is 0 Å². The van der Waals surface area contributed by atoms with E-state index in [0.717, 1.165) is 45.1 Å². The molecule has 1 N–H and O–H groups in total. The van der Waals surface area contributed by atoms with E-state index in [0.29, 0.717) is 5.56 Å². The molecule has 0 radical (unpaired) electrons. The van der Waals surface area contributed by atoms with E-state index in [-0.39, 0.29) is 5.91 Å². The summed E-state index contributed by atoms with van der Waals surface area (Å²) in [6, 6.07) is 14.1. The van der Waals surface area contributed by atoms with Gasteiger partial charge in [0.1, 0.15) is 5.82 Å². The Morgan fingerprint density at radius 2 is 1.81 bits per heavy atom. The lowest BCUT2D eigenvalue weighted by atomic mass is 10.2. The smallest absolute Gasteiger partial charge is 0.255 e. The Hall–Kier alpha value is -2.60. The van der Waals surface area contributed by atoms with Crippen LogP contribution in [0, 0.1) is 0 Å². The van der Waals surface area contributed by atoms with Crippen LogP contribution in [0.4, 0.5) is 11.5 Å². The van der Waals surface area contributed by atoms with E-state index < -0.39 is 0 Å². The van der Waals surface area contributed by atoms with E-state index in [4.69, 9.17) is 0 Å². The van der Waals surface area contributed by atoms with Gasteiger partial charge in [-0.25, -0.2) is 4.98 Å². The first-order valence-electron chi connectivity index (χ1n) is 9.07. The molecule has 6 nitrogen and oxygen atoms in total. The van der Waals surface area contributed by atoms with Crippen molar-refractivity contribution in [2.24, 2.45) is 0 Å². The van der Waals surface area contributed by atoms with Gasteiger partial charge in [0.25, 0.3) is 5.91 Å². The lowest BCUT2D eigenvalue weighted by Crippen LogP contribution is -2.48. The second-order valence-electron chi connectivity index (χ2n) is 6.78. The molecule has 2 aromatic rings. The van der Waals surface area contributed by atoms with Crippen LogP contribution in [0.1, 0.15) is 10.4 Å². The van der Waals surface area contributed by atoms with Gasteiger partial charge in [0.15, 0.2) is 0 Å². The number of anilines is 2. The van der Waals surface area contributed by atoms with E-state index in [2.05, 4.69) is 32.2 Å². The molecule has 1 amide bonds. The molecule has 1 saturated heterocycles. The first kappa shape index (κ1) is 18.2. The molecule has 0 saturated carbocycles. The molecular formula is C20H27N5O. The summed E-state index contributed by atoms with van der Waals surface area (Å²) in [6.45, 7) is 4.94. The third kappa shape index (κ3) is 4.73. The van der Waals surface area contributed by atoms with Crippen LogP contribution < -0.4 is 10.2 Å². The van der Waals surface area contributed by atoms with Crippen molar-refractivity contribution in [3.63, 3.8) is 0 Å². The Balaban J connectivity index is 1.52. The number of aromatic nitrogens is 1. The molecule has 2 heterocycles. The zero-order valence-electron chi connectivity index (χ0n) is 15.6. The number of piperazine rings is 1. The zero-order chi connectivity index (χ0) is 18.4. The first-order valence-corrected chi connectivity index (χ1v) is 9.07. The van der Waals surface area contributed by atoms with Crippen LogP contribution in [0.3, 0.4) is 0 Å². The number of likely N-dealkylation sites (N-methyl/N-ethyl adjacent to an activating group) is 1. The summed E-state index contributed by atoms with van der Waals surface area (Å²) >= 11 is 0. The summed E-state index contributed by atoms with van der Waals surface area (Å²) in [7, 11) is 4.07. The van der Waals surface area contributed by atoms with Crippen LogP contribution in [0.5, 0.6) is 0 Å². The highest BCUT2D eigenvalue weighted by molar-refractivity contribution is 5.94. The Labute approximate surface area is 155 Å². The molecule has 0 spiro atoms. The van der Waals surface area contributed by atoms with Crippen LogP contribution in [0.15, 0.2) is 48.7 Å². The normalized spacial score (nSPS) is 14.6. The highest BCUT2D eigenvalue weighted by atomic mass is 16.2. The Kier molecular flexibility index (Phi) is 6.07. The fraction of sp³-hybridized carbons (Fsp3) is 0.400. The lowest BCUT2D eigenvalue weighted by molar-refractivity contribution is 0.0746. The molecule has 0 aliphatic carbocycles. The first-order chi connectivity index (χ1) is 12.6. The number of hydrogen-bond donors (Lipinski definition) is 1. The van der Waals surface area contributed by atoms with Crippen LogP contribution in [-0.2, 0) is 0 Å². The molecule has 3 rings (SSSR count). The molecule has 1 aromatic heterocycles. The molecule has 0 unspecified atom stereocenters. The average Bonchev–Trinajstić information content (AvgIpc) is 2.68. The van der Waals surface area contributed by atoms with Gasteiger partial charge in [0, 0.05) is 51.2 Å². The predicted octanol–water partition coefficient (Wildman–Crippen LogP) is 2.02. The number of nitrogens with zero attached hydrogens (tertiary/aromatic N) is 4. The topological polar surface area (TPSA) is 51.7 Å². The van der Waals surface area contributed by atoms with Crippen molar-refractivity contribution in [2.75, 3.05) is 63.6 Å². The van der Waals surface area contributed by atoms with E-state index in [9.17, 15) is 4.79 Å². The molecule has 26 heavy (non-hydrogen) atoms. The second-order valence-corrected chi connectivity index (χ2v) is 6.78. The molecule has 1 fully saturated rings. The van der Waals surface area contributed by atoms with Gasteiger partial charge in [-0.1, -0.05) is 18.2 Å². The predicted molar refractivity (Wildman–Crippen MR) is 106 cm³/mol. The minimum atomic E-state index is 0.0602. The maximum Gasteiger partial charge on any atom is 0.255 e. The summed E-state index contributed by atoms with van der Waals surface area (Å²) in [4.78, 5) is 23.4. The molecule has 1 aliphatic heterocycles. The van der Waals surface area contributed by atoms with Crippen molar-refractivity contribution in [2.45, 2.75) is 0 Å². The highest BCUT2D eigenvalue weighted by Crippen LogP contribution is 2.17. The van der Waals surface area contributed by atoms with E-state index in [1.54, 1.807) is 6.20 Å². The Morgan fingerprint density at radius 1 is 1.08 bits per heavy atom. The number of carbonyl (C=O) groups is 1. The summed E-state index contributed by atoms with van der Waals surface area (Å²) in [5.41, 5.74) is 1.87. The maximum atomic E-state index is 12.7. The number of amides is 1. The number of para-hydroxylation sites is 1. The van der Waals surface area contributed by atoms with Crippen molar-refractivity contribution in [3.05, 3.63) is 54.2 Å². The third-order valence-corrected chi connectivity index (χ3v) is 4.56. The summed E-state index contributed by atoms with van der Waals surface area (Å²) in [5, 5.41) is 3.26. The van der Waals surface area contributed by atoms with Crippen LogP contribution in [-0.4, -0.2) is 74.1 Å². The minimum absolute atomic E-state index is 0.0602. The number of pyridine rings is 1. The van der Waals surface area contributed by atoms with E-state index in [1.165, 1.54) is 5.69 Å². The van der Waals surface area contributed by atoms with E-state index >= 15 is 0 Å². The molecule has 1 aliphatic rings. The van der Waals surface area contributed by atoms with Crippen molar-refractivity contribution < 1.29 is 4.79 Å². The molecule has 138 valence electrons. The molecule has 6 heteroatoms. The standard InChI is InChI=1S/C20H27N5O/c1-23(2)11-10-21-19-9-8-17(16-22-19)20(26)25-14-12-24(13-15-25)18-6-4-3-5-7-18/h3-9,16H,10-15H2,1-2H3,(H,21,22). The van der Waals surface area contributed by atoms with Gasteiger partial charge in [-0.15, -0.1) is 0 Å². The fourth-order valence-electron chi connectivity index (χ4n) is 3.02. The van der Waals surface area contributed by atoms with Gasteiger partial charge in [-0.05, 0) is 38.4 Å². The summed E-state index contributed by atoms with van der Waals surface area (Å²) in [5.74, 6) is 0.863. The monoisotopic (exact) mass is 353 g/mol. The van der Waals surface area contributed by atoms with Crippen LogP contribution in [0.2, 0.25) is 0 Å². The molecular weight excluding hydrogens is 326 g/mol. The highest BCUT2D eigenvalue weighted by Gasteiger charge is 2.22. The molecule has 0 atom stereocenters. The van der Waals surface area contributed by atoms with Gasteiger partial charge in [-0.3, -0.25) is 4.79 Å². The quantitative estimate of drug-likeness (QED) is 0.861. The zero-order valence-corrected chi connectivity index (χ0v) is 15.6. The lowest BCUT2D eigenvalue weighted by Gasteiger charge is -2.36. The Morgan fingerprint density at radius 3 is 2.42 bits per heavy atom. The summed E-state index contributed by atoms with van der Waals surface area (Å²) in [6.07, 6.45) is 1.67. The summed E-state index contributed by atoms with van der Waals surface area (Å²) < 4.78 is 0. The van der Waals surface area contributed by atoms with Gasteiger partial charge in [-0.2, -0.15) is 0 Å². The number of carbonyl (C=O) groups excluding carboxylic acids is 1. The van der Waals surface area contributed by atoms with Crippen molar-refractivity contribution in [1.82, 2.24) is 14.8 Å². The molecule has 0 bridgehead atoms. The van der Waals surface area contributed by atoms with Crippen molar-refractivity contribution >= 4 is 17.4 Å². The number of hydrogen-bond acceptors (Lipinski definition) is 5. The maximum absolute atomic E-state index is 12.7. The van der Waals surface area contributed by atoms with Gasteiger partial charge < -0.3 is 20.0 Å². The largest absolute Gasteiger partial charge is 0.369 e. The SMILES string of the molecule is CN(C)CCNc1ccc(C(=O)N2CCN(c3ccccc3)CC2)cn1. The van der Waals surface area contributed by atoms with E-state index in [1.807, 2.05) is 49.3 Å². The fourth-order valence-corrected chi connectivity index (χ4v) is 3.02. The van der Waals surface area contributed by atoms with Gasteiger partial charge in [0.2, 0.25) is 0 Å². The van der Waals surface area contributed by atoms with Crippen LogP contribution >= 0.6 is 0 Å². The minimum Gasteiger partial charge on any atom is -0.369 e. The van der Waals surface area contributed by atoms with Crippen LogP contribution in [0.25, 0.3) is 0 Å². The van der Waals surface area contributed by atoms with Gasteiger partial charge >= 0.3 is 0 Å². The van der Waals surface area contributed by atoms with Crippen molar-refractivity contribution in [1.29, 1.82) is 0 Å². The number of rotatable bonds is 6.